The molecule has 4 rings (SSSR count). The van der Waals surface area contributed by atoms with Crippen LogP contribution < -0.4 is 9.47 Å². The maximum Gasteiger partial charge on any atom is 0.348 e. The molecule has 10 nitrogen and oxygen atoms in total. The van der Waals surface area contributed by atoms with Gasteiger partial charge in [0, 0.05) is 24.8 Å². The summed E-state index contributed by atoms with van der Waals surface area (Å²) in [5.74, 6) is -1.13. The Morgan fingerprint density at radius 3 is 1.98 bits per heavy atom. The van der Waals surface area contributed by atoms with Gasteiger partial charge in [-0.1, -0.05) is 85.8 Å². The SMILES string of the molecule is CCCN(CCOC(c1ccccc1)(c1ccccc1)C(Oc1nc(C)cc(OC)n1)C(=O)O)S(=O)(=O)c1ccccc1. The standard InChI is InChI=1S/C32H35N3O7S/c1-4-20-35(43(38,39)27-18-12-7-13-19-27)21-22-41-32(25-14-8-5-9-15-25,26-16-10-6-11-17-26)29(30(36)37)42-31-33-24(2)23-28(34-31)40-3/h5-19,23,29H,4,20-22H2,1-3H3,(H,36,37). The minimum atomic E-state index is -3.84. The van der Waals surface area contributed by atoms with E-state index in [1.807, 2.05) is 6.92 Å². The highest BCUT2D eigenvalue weighted by atomic mass is 32.2. The Bertz CT molecular complexity index is 1550. The lowest BCUT2D eigenvalue weighted by Crippen LogP contribution is -2.52. The molecule has 0 radical (unpaired) electrons. The Labute approximate surface area is 252 Å². The predicted molar refractivity (Wildman–Crippen MR) is 160 cm³/mol. The van der Waals surface area contributed by atoms with E-state index < -0.39 is 27.7 Å². The molecule has 1 aromatic heterocycles. The van der Waals surface area contributed by atoms with Gasteiger partial charge in [-0.25, -0.2) is 18.2 Å². The van der Waals surface area contributed by atoms with Crippen molar-refractivity contribution in [3.8, 4) is 11.9 Å². The molecule has 0 spiro atoms. The van der Waals surface area contributed by atoms with Crippen LogP contribution in [0.3, 0.4) is 0 Å². The van der Waals surface area contributed by atoms with E-state index in [-0.39, 0.29) is 36.5 Å². The quantitative estimate of drug-likeness (QED) is 0.205. The second-order valence-electron chi connectivity index (χ2n) is 9.70. The number of aliphatic carboxylic acids is 1. The number of sulfonamides is 1. The third kappa shape index (κ3) is 7.19. The lowest BCUT2D eigenvalue weighted by Gasteiger charge is -2.39. The summed E-state index contributed by atoms with van der Waals surface area (Å²) < 4.78 is 46.3. The fourth-order valence-corrected chi connectivity index (χ4v) is 6.36. The van der Waals surface area contributed by atoms with E-state index in [9.17, 15) is 18.3 Å². The summed E-state index contributed by atoms with van der Waals surface area (Å²) in [6.45, 7) is 3.66. The first-order chi connectivity index (χ1) is 20.7. The van der Waals surface area contributed by atoms with Gasteiger partial charge in [-0.05, 0) is 36.6 Å². The molecular formula is C32H35N3O7S. The minimum Gasteiger partial charge on any atom is -0.481 e. The molecule has 0 fully saturated rings. The molecule has 1 heterocycles. The molecule has 4 aromatic rings. The molecule has 1 N–H and O–H groups in total. The Morgan fingerprint density at radius 1 is 0.907 bits per heavy atom. The molecule has 0 saturated carbocycles. The Hall–Kier alpha value is -4.32. The normalized spacial score (nSPS) is 12.6. The van der Waals surface area contributed by atoms with Crippen molar-refractivity contribution in [3.05, 3.63) is 114 Å². The number of carboxylic acids is 1. The number of nitrogens with zero attached hydrogens (tertiary/aromatic N) is 3. The lowest BCUT2D eigenvalue weighted by molar-refractivity contribution is -0.164. The van der Waals surface area contributed by atoms with Crippen molar-refractivity contribution in [2.45, 2.75) is 36.9 Å². The number of hydrogen-bond donors (Lipinski definition) is 1. The molecule has 0 saturated heterocycles. The van der Waals surface area contributed by atoms with Crippen LogP contribution in [0.15, 0.2) is 102 Å². The van der Waals surface area contributed by atoms with Crippen molar-refractivity contribution < 1.29 is 32.5 Å². The average molecular weight is 606 g/mol. The predicted octanol–water partition coefficient (Wildman–Crippen LogP) is 4.69. The summed E-state index contributed by atoms with van der Waals surface area (Å²) in [5.41, 5.74) is -0.246. The highest BCUT2D eigenvalue weighted by Crippen LogP contribution is 2.39. The van der Waals surface area contributed by atoms with E-state index in [0.717, 1.165) is 0 Å². The maximum absolute atomic E-state index is 13.5. The third-order valence-corrected chi connectivity index (χ3v) is 8.68. The average Bonchev–Trinajstić information content (AvgIpc) is 3.02. The van der Waals surface area contributed by atoms with Gasteiger partial charge in [0.15, 0.2) is 5.60 Å². The number of aromatic nitrogens is 2. The van der Waals surface area contributed by atoms with Crippen LogP contribution in [0.5, 0.6) is 11.9 Å². The molecule has 1 atom stereocenters. The van der Waals surface area contributed by atoms with Gasteiger partial charge in [0.2, 0.25) is 22.0 Å². The topological polar surface area (TPSA) is 128 Å². The van der Waals surface area contributed by atoms with Crippen LogP contribution in [0.1, 0.15) is 30.2 Å². The van der Waals surface area contributed by atoms with Gasteiger partial charge < -0.3 is 19.3 Å². The van der Waals surface area contributed by atoms with Gasteiger partial charge in [-0.15, -0.1) is 0 Å². The van der Waals surface area contributed by atoms with Crippen LogP contribution in [-0.2, 0) is 25.2 Å². The number of carboxylic acid groups (broad SMARTS) is 1. The smallest absolute Gasteiger partial charge is 0.348 e. The molecule has 0 aliphatic heterocycles. The molecule has 0 amide bonds. The zero-order valence-corrected chi connectivity index (χ0v) is 25.1. The molecule has 0 bridgehead atoms. The van der Waals surface area contributed by atoms with Gasteiger partial charge in [-0.2, -0.15) is 9.29 Å². The fraction of sp³-hybridized carbons (Fsp3) is 0.281. The largest absolute Gasteiger partial charge is 0.481 e. The molecule has 1 unspecified atom stereocenters. The van der Waals surface area contributed by atoms with Crippen LogP contribution in [0, 0.1) is 6.92 Å². The van der Waals surface area contributed by atoms with Gasteiger partial charge in [0.25, 0.3) is 0 Å². The Kier molecular flexibility index (Phi) is 10.5. The first-order valence-corrected chi connectivity index (χ1v) is 15.3. The summed E-state index contributed by atoms with van der Waals surface area (Å²) in [5, 5.41) is 10.7. The molecule has 11 heteroatoms. The van der Waals surface area contributed by atoms with E-state index in [4.69, 9.17) is 14.2 Å². The summed E-state index contributed by atoms with van der Waals surface area (Å²) >= 11 is 0. The van der Waals surface area contributed by atoms with Crippen molar-refractivity contribution in [2.24, 2.45) is 0 Å². The Morgan fingerprint density at radius 2 is 1.47 bits per heavy atom. The van der Waals surface area contributed by atoms with Crippen LogP contribution in [-0.4, -0.2) is 66.7 Å². The molecule has 43 heavy (non-hydrogen) atoms. The maximum atomic E-state index is 13.5. The van der Waals surface area contributed by atoms with Crippen molar-refractivity contribution in [2.75, 3.05) is 26.8 Å². The van der Waals surface area contributed by atoms with E-state index in [2.05, 4.69) is 9.97 Å². The number of benzene rings is 3. The highest BCUT2D eigenvalue weighted by molar-refractivity contribution is 7.89. The first-order valence-electron chi connectivity index (χ1n) is 13.8. The van der Waals surface area contributed by atoms with Crippen LogP contribution in [0.2, 0.25) is 0 Å². The van der Waals surface area contributed by atoms with Crippen molar-refractivity contribution in [1.29, 1.82) is 0 Å². The number of aryl methyl sites for hydroxylation is 1. The van der Waals surface area contributed by atoms with E-state index in [0.29, 0.717) is 23.2 Å². The van der Waals surface area contributed by atoms with E-state index >= 15 is 0 Å². The van der Waals surface area contributed by atoms with Gasteiger partial charge in [0.05, 0.1) is 18.6 Å². The summed E-state index contributed by atoms with van der Waals surface area (Å²) in [6.07, 6.45) is -1.11. The zero-order valence-electron chi connectivity index (χ0n) is 24.3. The number of ether oxygens (including phenoxy) is 3. The van der Waals surface area contributed by atoms with Gasteiger partial charge >= 0.3 is 12.0 Å². The first kappa shape index (κ1) is 31.6. The second-order valence-corrected chi connectivity index (χ2v) is 11.6. The number of rotatable bonds is 15. The fourth-order valence-electron chi connectivity index (χ4n) is 4.82. The summed E-state index contributed by atoms with van der Waals surface area (Å²) in [4.78, 5) is 21.7. The highest BCUT2D eigenvalue weighted by Gasteiger charge is 2.50. The minimum absolute atomic E-state index is 0.0341. The number of hydrogen-bond acceptors (Lipinski definition) is 8. The lowest BCUT2D eigenvalue weighted by atomic mass is 9.81. The molecule has 0 aliphatic carbocycles. The molecule has 3 aromatic carbocycles. The van der Waals surface area contributed by atoms with Crippen LogP contribution in [0.25, 0.3) is 0 Å². The van der Waals surface area contributed by atoms with Gasteiger partial charge in [0.1, 0.15) is 0 Å². The number of carbonyl (C=O) groups is 1. The molecule has 226 valence electrons. The van der Waals surface area contributed by atoms with Crippen molar-refractivity contribution in [3.63, 3.8) is 0 Å². The number of methoxy groups -OCH3 is 1. The van der Waals surface area contributed by atoms with E-state index in [1.54, 1.807) is 104 Å². The van der Waals surface area contributed by atoms with Gasteiger partial charge in [-0.3, -0.25) is 0 Å². The van der Waals surface area contributed by atoms with Crippen molar-refractivity contribution >= 4 is 16.0 Å². The van der Waals surface area contributed by atoms with Crippen molar-refractivity contribution in [1.82, 2.24) is 14.3 Å². The van der Waals surface area contributed by atoms with E-state index in [1.165, 1.54) is 11.4 Å². The molecule has 0 aliphatic rings. The Balaban J connectivity index is 1.80. The molecular weight excluding hydrogens is 570 g/mol. The summed E-state index contributed by atoms with van der Waals surface area (Å²) in [6, 6.07) is 27.2. The van der Waals surface area contributed by atoms with Crippen LogP contribution in [0.4, 0.5) is 0 Å². The zero-order chi connectivity index (χ0) is 30.9. The third-order valence-electron chi connectivity index (χ3n) is 6.77. The summed E-state index contributed by atoms with van der Waals surface area (Å²) in [7, 11) is -2.40. The second kappa shape index (κ2) is 14.2. The van der Waals surface area contributed by atoms with Crippen LogP contribution >= 0.6 is 0 Å². The monoisotopic (exact) mass is 605 g/mol.